The number of nitrogens with zero attached hydrogens (tertiary/aromatic N) is 2. The minimum atomic E-state index is -0.315. The van der Waals surface area contributed by atoms with E-state index in [1.165, 1.54) is 51.4 Å². The summed E-state index contributed by atoms with van der Waals surface area (Å²) in [4.78, 5) is 30.6. The zero-order chi connectivity index (χ0) is 37.9. The Bertz CT molecular complexity index is 1150. The lowest BCUT2D eigenvalue weighted by molar-refractivity contribution is -0.123. The first-order chi connectivity index (χ1) is 24.8. The highest BCUT2D eigenvalue weighted by Gasteiger charge is 2.59. The number of likely N-dealkylation sites (N-methyl/N-ethyl adjacent to an activating group) is 1. The van der Waals surface area contributed by atoms with Crippen molar-refractivity contribution in [3.63, 3.8) is 0 Å². The Hall–Kier alpha value is -1.68. The molecule has 52 heavy (non-hydrogen) atoms. The van der Waals surface area contributed by atoms with Crippen LogP contribution in [0.3, 0.4) is 0 Å². The van der Waals surface area contributed by atoms with Crippen molar-refractivity contribution in [1.29, 1.82) is 0 Å². The van der Waals surface area contributed by atoms with Gasteiger partial charge in [0.05, 0.1) is 6.04 Å². The van der Waals surface area contributed by atoms with Crippen LogP contribution in [0.2, 0.25) is 0 Å². The molecule has 5 unspecified atom stereocenters. The molecule has 0 bridgehead atoms. The van der Waals surface area contributed by atoms with Crippen LogP contribution in [0.5, 0.6) is 0 Å². The van der Waals surface area contributed by atoms with E-state index >= 15 is 0 Å². The largest absolute Gasteiger partial charge is 0.446 e. The van der Waals surface area contributed by atoms with E-state index in [-0.39, 0.29) is 29.6 Å². The zero-order valence-electron chi connectivity index (χ0n) is 34.5. The summed E-state index contributed by atoms with van der Waals surface area (Å²) in [5.41, 5.74) is 13.9. The molecule has 4 aliphatic carbocycles. The fraction of sp³-hybridized carbons (Fsp3) is 0.907. The van der Waals surface area contributed by atoms with Crippen molar-refractivity contribution < 1.29 is 14.3 Å². The Morgan fingerprint density at radius 3 is 2.35 bits per heavy atom. The lowest BCUT2D eigenvalue weighted by Gasteiger charge is -2.58. The van der Waals surface area contributed by atoms with Crippen molar-refractivity contribution in [3.05, 3.63) is 11.6 Å². The van der Waals surface area contributed by atoms with Gasteiger partial charge in [0.15, 0.2) is 0 Å². The van der Waals surface area contributed by atoms with Gasteiger partial charge in [0.25, 0.3) is 0 Å². The minimum absolute atomic E-state index is 0.00482. The molecular weight excluding hydrogens is 649 g/mol. The molecule has 0 spiro atoms. The number of hydrogen-bond donors (Lipinski definition) is 4. The molecule has 9 nitrogen and oxygen atoms in total. The van der Waals surface area contributed by atoms with Gasteiger partial charge in [-0.25, -0.2) is 4.79 Å². The second-order valence-corrected chi connectivity index (χ2v) is 18.6. The molecule has 0 aliphatic heterocycles. The third kappa shape index (κ3) is 11.0. The van der Waals surface area contributed by atoms with Crippen molar-refractivity contribution in [2.24, 2.45) is 57.8 Å². The Kier molecular flexibility index (Phi) is 16.8. The highest BCUT2D eigenvalue weighted by Crippen LogP contribution is 2.67. The first-order valence-corrected chi connectivity index (χ1v) is 21.5. The third-order valence-corrected chi connectivity index (χ3v) is 14.3. The Morgan fingerprint density at radius 1 is 0.885 bits per heavy atom. The summed E-state index contributed by atoms with van der Waals surface area (Å²) in [5.74, 6) is 4.94. The van der Waals surface area contributed by atoms with Crippen LogP contribution in [0.1, 0.15) is 131 Å². The molecule has 0 aromatic heterocycles. The number of hydrogen-bond acceptors (Lipinski definition) is 7. The quantitative estimate of drug-likeness (QED) is 0.0745. The smallest absolute Gasteiger partial charge is 0.410 e. The van der Waals surface area contributed by atoms with Crippen LogP contribution in [0.15, 0.2) is 11.6 Å². The summed E-state index contributed by atoms with van der Waals surface area (Å²) < 4.78 is 6.31. The Labute approximate surface area is 318 Å². The van der Waals surface area contributed by atoms with Crippen LogP contribution >= 0.6 is 0 Å². The molecule has 0 saturated heterocycles. The number of fused-ring (bicyclic) bond motifs is 5. The average molecular weight is 729 g/mol. The van der Waals surface area contributed by atoms with Crippen LogP contribution in [0, 0.1) is 46.3 Å². The molecule has 9 atom stereocenters. The van der Waals surface area contributed by atoms with Crippen LogP contribution < -0.4 is 22.1 Å². The van der Waals surface area contributed by atoms with E-state index in [1.54, 1.807) is 5.57 Å². The molecule has 6 N–H and O–H groups in total. The molecule has 3 saturated carbocycles. The van der Waals surface area contributed by atoms with Gasteiger partial charge in [0.1, 0.15) is 6.10 Å². The van der Waals surface area contributed by atoms with Crippen molar-refractivity contribution in [1.82, 2.24) is 20.4 Å². The van der Waals surface area contributed by atoms with E-state index in [1.807, 2.05) is 19.0 Å². The summed E-state index contributed by atoms with van der Waals surface area (Å²) >= 11 is 0. The molecule has 0 aromatic carbocycles. The van der Waals surface area contributed by atoms with Gasteiger partial charge in [-0.3, -0.25) is 4.79 Å². The predicted molar refractivity (Wildman–Crippen MR) is 215 cm³/mol. The van der Waals surface area contributed by atoms with Gasteiger partial charge >= 0.3 is 6.09 Å². The van der Waals surface area contributed by atoms with E-state index < -0.39 is 0 Å². The number of allylic oxidation sites excluding steroid dienone is 1. The first kappa shape index (κ1) is 43.1. The van der Waals surface area contributed by atoms with Crippen molar-refractivity contribution in [2.75, 3.05) is 59.9 Å². The molecular formula is C43H80N6O3. The van der Waals surface area contributed by atoms with E-state index in [0.717, 1.165) is 74.2 Å². The van der Waals surface area contributed by atoms with Gasteiger partial charge in [-0.2, -0.15) is 0 Å². The van der Waals surface area contributed by atoms with Crippen molar-refractivity contribution in [3.8, 4) is 0 Å². The highest BCUT2D eigenvalue weighted by molar-refractivity contribution is 5.81. The average Bonchev–Trinajstić information content (AvgIpc) is 3.46. The number of carbonyl (C=O) groups excluding carboxylic acids is 2. The van der Waals surface area contributed by atoms with Gasteiger partial charge in [0, 0.05) is 32.6 Å². The van der Waals surface area contributed by atoms with Crippen molar-refractivity contribution >= 4 is 12.0 Å². The fourth-order valence-corrected chi connectivity index (χ4v) is 11.3. The number of nitrogens with two attached hydrogens (primary N) is 2. The molecule has 2 amide bonds. The van der Waals surface area contributed by atoms with E-state index in [9.17, 15) is 9.59 Å². The van der Waals surface area contributed by atoms with E-state index in [4.69, 9.17) is 16.2 Å². The van der Waals surface area contributed by atoms with Gasteiger partial charge in [-0.1, -0.05) is 65.5 Å². The third-order valence-electron chi connectivity index (χ3n) is 14.3. The monoisotopic (exact) mass is 729 g/mol. The SMILES string of the molecule is CC(C)CCC[C@@H](C)[C@H]1CCC2C3CC=C4CC(OC(=O)N(CCCN)CCCC(NCCCN)C(=O)NCCN(C)C)CC[C@]4(C)C3CC[C@@]21C. The molecule has 9 heteroatoms. The first-order valence-electron chi connectivity index (χ1n) is 21.5. The number of carbonyl (C=O) groups is 2. The molecule has 0 aromatic rings. The van der Waals surface area contributed by atoms with Crippen LogP contribution in [0.25, 0.3) is 0 Å². The Balaban J connectivity index is 1.33. The Morgan fingerprint density at radius 2 is 1.63 bits per heavy atom. The fourth-order valence-electron chi connectivity index (χ4n) is 11.3. The number of ether oxygens (including phenoxy) is 1. The lowest BCUT2D eigenvalue weighted by atomic mass is 9.47. The van der Waals surface area contributed by atoms with Gasteiger partial charge in [-0.05, 0) is 151 Å². The van der Waals surface area contributed by atoms with Crippen molar-refractivity contribution in [2.45, 2.75) is 143 Å². The maximum absolute atomic E-state index is 13.7. The van der Waals surface area contributed by atoms with E-state index in [0.29, 0.717) is 57.5 Å². The second kappa shape index (κ2) is 20.3. The normalized spacial score (nSPS) is 31.0. The summed E-state index contributed by atoms with van der Waals surface area (Å²) in [6.45, 7) is 16.8. The standard InChI is InChI=1S/C43H80N6O3/c1-31(2)12-8-13-32(3)36-17-18-37-35-16-15-33-30-34(19-21-42(33,4)38(35)20-22-43(36,37)5)52-41(51)49(28-11-24-45)27-9-14-39(46-25-10-23-44)40(50)47-26-29-48(6)7/h15,31-32,34-39,46H,8-14,16-30,44-45H2,1-7H3,(H,47,50)/t32-,34?,35?,36-,37?,38?,39?,42+,43-/m1/s1. The lowest BCUT2D eigenvalue weighted by Crippen LogP contribution is -2.51. The number of rotatable bonds is 21. The van der Waals surface area contributed by atoms with Gasteiger partial charge in [0.2, 0.25) is 5.91 Å². The zero-order valence-corrected chi connectivity index (χ0v) is 34.5. The number of nitrogens with one attached hydrogen (secondary N) is 2. The summed E-state index contributed by atoms with van der Waals surface area (Å²) in [7, 11) is 3.99. The van der Waals surface area contributed by atoms with Gasteiger partial charge < -0.3 is 36.6 Å². The van der Waals surface area contributed by atoms with Crippen LogP contribution in [-0.2, 0) is 9.53 Å². The minimum Gasteiger partial charge on any atom is -0.446 e. The summed E-state index contributed by atoms with van der Waals surface area (Å²) in [6.07, 6.45) is 19.0. The second-order valence-electron chi connectivity index (χ2n) is 18.6. The maximum atomic E-state index is 13.7. The van der Waals surface area contributed by atoms with Crippen LogP contribution in [-0.4, -0.2) is 93.9 Å². The van der Waals surface area contributed by atoms with E-state index in [2.05, 4.69) is 56.2 Å². The molecule has 4 rings (SSSR count). The predicted octanol–water partition coefficient (Wildman–Crippen LogP) is 6.95. The summed E-state index contributed by atoms with van der Waals surface area (Å²) in [5, 5.41) is 6.45. The molecule has 300 valence electrons. The maximum Gasteiger partial charge on any atom is 0.410 e. The molecule has 0 radical (unpaired) electrons. The number of amides is 2. The summed E-state index contributed by atoms with van der Waals surface area (Å²) in [6, 6.07) is -0.315. The molecule has 3 fully saturated rings. The molecule has 4 aliphatic rings. The highest BCUT2D eigenvalue weighted by atomic mass is 16.6. The molecule has 0 heterocycles. The topological polar surface area (TPSA) is 126 Å². The van der Waals surface area contributed by atoms with Crippen LogP contribution in [0.4, 0.5) is 4.79 Å². The van der Waals surface area contributed by atoms with Gasteiger partial charge in [-0.15, -0.1) is 0 Å².